The van der Waals surface area contributed by atoms with E-state index in [0.29, 0.717) is 0 Å². The molecule has 3 aromatic rings. The molecule has 3 rings (SSSR count). The largest absolute Gasteiger partial charge is 0.384 e. The molecule has 0 fully saturated rings. The summed E-state index contributed by atoms with van der Waals surface area (Å²) < 4.78 is 15.5. The lowest BCUT2D eigenvalue weighted by Gasteiger charge is -2.15. The first kappa shape index (κ1) is 21.5. The summed E-state index contributed by atoms with van der Waals surface area (Å²) in [5.74, 6) is -1.80. The zero-order valence-corrected chi connectivity index (χ0v) is 16.7. The molecule has 0 amide bonds. The molecule has 0 aliphatic carbocycles. The molecule has 0 saturated heterocycles. The Morgan fingerprint density at radius 2 is 1.84 bits per heavy atom. The number of aromatic nitrogens is 2. The number of benzene rings is 2. The smallest absolute Gasteiger partial charge is 0.332 e. The van der Waals surface area contributed by atoms with E-state index in [1.165, 1.54) is 24.3 Å². The van der Waals surface area contributed by atoms with Gasteiger partial charge >= 0.3 is 5.69 Å². The Kier molecular flexibility index (Phi) is 6.26. The number of carbonyl (C=O) groups excluding carboxylic acids is 1. The van der Waals surface area contributed by atoms with Gasteiger partial charge < -0.3 is 5.73 Å². The van der Waals surface area contributed by atoms with Crippen molar-refractivity contribution in [3.8, 4) is 6.07 Å². The highest BCUT2D eigenvalue weighted by Crippen LogP contribution is 2.16. The summed E-state index contributed by atoms with van der Waals surface area (Å²) in [6.07, 6.45) is 1.17. The number of nitrogens with two attached hydrogens (primary N) is 1. The lowest BCUT2D eigenvalue weighted by molar-refractivity contribution is 0.103. The topological polar surface area (TPSA) is 111 Å². The van der Waals surface area contributed by atoms with Crippen LogP contribution in [0.15, 0.2) is 69.8 Å². The molecular weight excluding hydrogens is 399 g/mol. The SMILES string of the molecule is CCn1c(=O)c(C(=O)/C(C#N)=C/c2cccc(F)c2)c(N)n(Cc2ccccc2)c1=O. The first-order valence-corrected chi connectivity index (χ1v) is 9.46. The fourth-order valence-electron chi connectivity index (χ4n) is 3.17. The van der Waals surface area contributed by atoms with Crippen LogP contribution in [0.5, 0.6) is 0 Å². The monoisotopic (exact) mass is 418 g/mol. The Bertz CT molecular complexity index is 1330. The molecule has 1 aromatic heterocycles. The minimum absolute atomic E-state index is 0.0164. The number of nitrogens with zero attached hydrogens (tertiary/aromatic N) is 3. The predicted molar refractivity (Wildman–Crippen MR) is 115 cm³/mol. The molecule has 0 aliphatic heterocycles. The van der Waals surface area contributed by atoms with Crippen LogP contribution in [-0.4, -0.2) is 14.9 Å². The minimum atomic E-state index is -0.932. The van der Waals surface area contributed by atoms with Crippen LogP contribution in [-0.2, 0) is 13.1 Å². The highest BCUT2D eigenvalue weighted by atomic mass is 19.1. The zero-order valence-electron chi connectivity index (χ0n) is 16.7. The van der Waals surface area contributed by atoms with Crippen LogP contribution in [0.2, 0.25) is 0 Å². The van der Waals surface area contributed by atoms with Crippen LogP contribution in [0, 0.1) is 17.1 Å². The number of hydrogen-bond acceptors (Lipinski definition) is 5. The van der Waals surface area contributed by atoms with E-state index >= 15 is 0 Å². The molecular formula is C23H19FN4O3. The van der Waals surface area contributed by atoms with Gasteiger partial charge in [-0.25, -0.2) is 9.18 Å². The summed E-state index contributed by atoms with van der Waals surface area (Å²) in [6.45, 7) is 1.65. The third-order valence-corrected chi connectivity index (χ3v) is 4.72. The Morgan fingerprint density at radius 1 is 1.13 bits per heavy atom. The second-order valence-corrected chi connectivity index (χ2v) is 6.72. The third-order valence-electron chi connectivity index (χ3n) is 4.72. The summed E-state index contributed by atoms with van der Waals surface area (Å²) in [7, 11) is 0. The Morgan fingerprint density at radius 3 is 2.45 bits per heavy atom. The molecule has 31 heavy (non-hydrogen) atoms. The van der Waals surface area contributed by atoms with Gasteiger partial charge in [0, 0.05) is 6.54 Å². The van der Waals surface area contributed by atoms with E-state index in [-0.39, 0.29) is 24.5 Å². The highest BCUT2D eigenvalue weighted by Gasteiger charge is 2.25. The fourth-order valence-corrected chi connectivity index (χ4v) is 3.17. The number of Topliss-reactive ketones (excluding diaryl/α,β-unsaturated/α-hetero) is 1. The van der Waals surface area contributed by atoms with Gasteiger partial charge in [0.15, 0.2) is 0 Å². The van der Waals surface area contributed by atoms with Crippen LogP contribution in [0.25, 0.3) is 6.08 Å². The van der Waals surface area contributed by atoms with Crippen molar-refractivity contribution >= 4 is 17.7 Å². The van der Waals surface area contributed by atoms with Gasteiger partial charge in [-0.05, 0) is 36.3 Å². The van der Waals surface area contributed by atoms with Crippen LogP contribution in [0.1, 0.15) is 28.4 Å². The molecule has 8 heteroatoms. The van der Waals surface area contributed by atoms with Crippen molar-refractivity contribution < 1.29 is 9.18 Å². The number of ketones is 1. The van der Waals surface area contributed by atoms with Gasteiger partial charge in [-0.3, -0.25) is 18.7 Å². The van der Waals surface area contributed by atoms with Crippen LogP contribution in [0.3, 0.4) is 0 Å². The molecule has 2 aromatic carbocycles. The average molecular weight is 418 g/mol. The highest BCUT2D eigenvalue weighted by molar-refractivity contribution is 6.16. The van der Waals surface area contributed by atoms with Crippen molar-refractivity contribution in [1.82, 2.24) is 9.13 Å². The van der Waals surface area contributed by atoms with E-state index in [0.717, 1.165) is 20.8 Å². The maximum absolute atomic E-state index is 13.5. The van der Waals surface area contributed by atoms with Gasteiger partial charge in [0.05, 0.1) is 6.54 Å². The van der Waals surface area contributed by atoms with Crippen molar-refractivity contribution in [2.24, 2.45) is 0 Å². The van der Waals surface area contributed by atoms with E-state index in [9.17, 15) is 24.0 Å². The van der Waals surface area contributed by atoms with Crippen LogP contribution >= 0.6 is 0 Å². The summed E-state index contributed by atoms with van der Waals surface area (Å²) in [4.78, 5) is 38.8. The van der Waals surface area contributed by atoms with Crippen molar-refractivity contribution in [2.45, 2.75) is 20.0 Å². The predicted octanol–water partition coefficient (Wildman–Crippen LogP) is 2.59. The van der Waals surface area contributed by atoms with E-state index in [1.54, 1.807) is 37.3 Å². The van der Waals surface area contributed by atoms with E-state index in [2.05, 4.69) is 0 Å². The molecule has 1 heterocycles. The number of rotatable bonds is 6. The standard InChI is InChI=1S/C23H19FN4O3/c1-2-27-22(30)19(20(29)17(13-25)11-16-9-6-10-18(24)12-16)21(26)28(23(27)31)14-15-7-4-3-5-8-15/h3-12H,2,14,26H2,1H3/b17-11+. The molecule has 0 atom stereocenters. The fraction of sp³-hybridized carbons (Fsp3) is 0.130. The number of nitrogen functional groups attached to an aromatic ring is 1. The average Bonchev–Trinajstić information content (AvgIpc) is 2.76. The normalized spacial score (nSPS) is 11.2. The number of carbonyl (C=O) groups is 1. The van der Waals surface area contributed by atoms with Crippen molar-refractivity contribution in [2.75, 3.05) is 5.73 Å². The van der Waals surface area contributed by atoms with Gasteiger partial charge in [-0.15, -0.1) is 0 Å². The maximum Gasteiger partial charge on any atom is 0.332 e. The quantitative estimate of drug-likeness (QED) is 0.376. The third kappa shape index (κ3) is 4.36. The summed E-state index contributed by atoms with van der Waals surface area (Å²) in [5.41, 5.74) is 4.72. The molecule has 156 valence electrons. The molecule has 0 spiro atoms. The summed E-state index contributed by atoms with van der Waals surface area (Å²) in [5, 5.41) is 9.50. The summed E-state index contributed by atoms with van der Waals surface area (Å²) in [6, 6.07) is 16.0. The van der Waals surface area contributed by atoms with Gasteiger partial charge in [0.25, 0.3) is 5.56 Å². The van der Waals surface area contributed by atoms with E-state index in [4.69, 9.17) is 5.73 Å². The number of nitriles is 1. The van der Waals surface area contributed by atoms with E-state index in [1.807, 2.05) is 6.07 Å². The maximum atomic E-state index is 13.5. The van der Waals surface area contributed by atoms with E-state index < -0.39 is 34.0 Å². The number of hydrogen-bond donors (Lipinski definition) is 1. The van der Waals surface area contributed by atoms with Gasteiger partial charge in [-0.2, -0.15) is 5.26 Å². The zero-order chi connectivity index (χ0) is 22.5. The Hall–Kier alpha value is -4.25. The number of halogens is 1. The summed E-state index contributed by atoms with van der Waals surface area (Å²) >= 11 is 0. The molecule has 0 aliphatic rings. The van der Waals surface area contributed by atoms with Crippen LogP contribution in [0.4, 0.5) is 10.2 Å². The molecule has 0 unspecified atom stereocenters. The van der Waals surface area contributed by atoms with Crippen molar-refractivity contribution in [3.63, 3.8) is 0 Å². The molecule has 2 N–H and O–H groups in total. The number of anilines is 1. The lowest BCUT2D eigenvalue weighted by Crippen LogP contribution is -2.44. The van der Waals surface area contributed by atoms with Crippen LogP contribution < -0.4 is 17.0 Å². The van der Waals surface area contributed by atoms with Gasteiger partial charge in [0.1, 0.15) is 28.8 Å². The number of allylic oxidation sites excluding steroid dienone is 1. The second-order valence-electron chi connectivity index (χ2n) is 6.72. The van der Waals surface area contributed by atoms with Crippen molar-refractivity contribution in [3.05, 3.63) is 104 Å². The van der Waals surface area contributed by atoms with Gasteiger partial charge in [0.2, 0.25) is 5.78 Å². The van der Waals surface area contributed by atoms with Crippen molar-refractivity contribution in [1.29, 1.82) is 5.26 Å². The first-order chi connectivity index (χ1) is 14.9. The minimum Gasteiger partial charge on any atom is -0.384 e. The Balaban J connectivity index is 2.18. The second kappa shape index (κ2) is 9.05. The van der Waals surface area contributed by atoms with Gasteiger partial charge in [-0.1, -0.05) is 42.5 Å². The first-order valence-electron chi connectivity index (χ1n) is 9.46. The molecule has 0 radical (unpaired) electrons. The molecule has 0 bridgehead atoms. The lowest BCUT2D eigenvalue weighted by atomic mass is 10.0. The Labute approximate surface area is 177 Å². The molecule has 0 saturated carbocycles. The molecule has 7 nitrogen and oxygen atoms in total.